The van der Waals surface area contributed by atoms with Crippen molar-refractivity contribution in [3.05, 3.63) is 59.8 Å². The molecular weight excluding hydrogens is 288 g/mol. The highest BCUT2D eigenvalue weighted by molar-refractivity contribution is 7.99. The van der Waals surface area contributed by atoms with Gasteiger partial charge in [-0.15, -0.1) is 11.8 Å². The Labute approximate surface area is 138 Å². The van der Waals surface area contributed by atoms with Crippen molar-refractivity contribution in [1.82, 2.24) is 9.88 Å². The standard InChI is InChI=1S/C19H24N2S/c1-2-22-19-12-11-17(14-20-19)18-10-6-7-13-21(18)15-16-8-4-3-5-9-16/h3-5,8-9,11-12,14,18H,2,6-7,10,13,15H2,1H3/t18-/m0/s1. The molecule has 0 bridgehead atoms. The molecule has 1 aliphatic heterocycles. The van der Waals surface area contributed by atoms with Gasteiger partial charge in [0.25, 0.3) is 0 Å². The summed E-state index contributed by atoms with van der Waals surface area (Å²) in [7, 11) is 0. The fourth-order valence-electron chi connectivity index (χ4n) is 3.20. The number of benzene rings is 1. The van der Waals surface area contributed by atoms with E-state index < -0.39 is 0 Å². The lowest BCUT2D eigenvalue weighted by atomic mass is 9.96. The monoisotopic (exact) mass is 312 g/mol. The third-order valence-electron chi connectivity index (χ3n) is 4.28. The molecule has 0 radical (unpaired) electrons. The third kappa shape index (κ3) is 3.90. The molecule has 1 aromatic heterocycles. The SMILES string of the molecule is CCSc1ccc([C@@H]2CCCCN2Cc2ccccc2)cn1. The van der Waals surface area contributed by atoms with E-state index in [1.54, 1.807) is 0 Å². The number of aromatic nitrogens is 1. The third-order valence-corrected chi connectivity index (χ3v) is 5.10. The van der Waals surface area contributed by atoms with E-state index in [4.69, 9.17) is 0 Å². The fourth-order valence-corrected chi connectivity index (χ4v) is 3.79. The number of likely N-dealkylation sites (tertiary alicyclic amines) is 1. The first-order valence-corrected chi connectivity index (χ1v) is 9.22. The Bertz CT molecular complexity index is 568. The molecule has 1 saturated heterocycles. The average Bonchev–Trinajstić information content (AvgIpc) is 2.58. The van der Waals surface area contributed by atoms with Gasteiger partial charge in [0.2, 0.25) is 0 Å². The summed E-state index contributed by atoms with van der Waals surface area (Å²) in [5.74, 6) is 1.08. The van der Waals surface area contributed by atoms with Crippen molar-refractivity contribution in [2.24, 2.45) is 0 Å². The van der Waals surface area contributed by atoms with E-state index in [9.17, 15) is 0 Å². The van der Waals surface area contributed by atoms with Crippen LogP contribution in [-0.4, -0.2) is 22.2 Å². The summed E-state index contributed by atoms with van der Waals surface area (Å²) in [6.45, 7) is 4.39. The molecule has 3 rings (SSSR count). The number of hydrogen-bond acceptors (Lipinski definition) is 3. The van der Waals surface area contributed by atoms with Gasteiger partial charge in [0.05, 0.1) is 5.03 Å². The Morgan fingerprint density at radius 2 is 2.00 bits per heavy atom. The predicted molar refractivity (Wildman–Crippen MR) is 94.1 cm³/mol. The molecule has 0 aliphatic carbocycles. The predicted octanol–water partition coefficient (Wildman–Crippen LogP) is 4.92. The maximum Gasteiger partial charge on any atom is 0.0959 e. The Balaban J connectivity index is 1.74. The van der Waals surface area contributed by atoms with Gasteiger partial charge in [-0.05, 0) is 42.3 Å². The molecule has 0 saturated carbocycles. The molecule has 0 unspecified atom stereocenters. The van der Waals surface area contributed by atoms with Crippen molar-refractivity contribution in [2.75, 3.05) is 12.3 Å². The van der Waals surface area contributed by atoms with Crippen molar-refractivity contribution in [3.63, 3.8) is 0 Å². The molecule has 0 N–H and O–H groups in total. The van der Waals surface area contributed by atoms with Crippen molar-refractivity contribution in [1.29, 1.82) is 0 Å². The zero-order valence-corrected chi connectivity index (χ0v) is 14.1. The highest BCUT2D eigenvalue weighted by Crippen LogP contribution is 2.32. The van der Waals surface area contributed by atoms with Crippen LogP contribution in [-0.2, 0) is 6.54 Å². The van der Waals surface area contributed by atoms with E-state index in [2.05, 4.69) is 65.5 Å². The molecule has 0 spiro atoms. The summed E-state index contributed by atoms with van der Waals surface area (Å²) in [5.41, 5.74) is 2.77. The molecule has 116 valence electrons. The summed E-state index contributed by atoms with van der Waals surface area (Å²) in [6, 6.07) is 15.8. The minimum absolute atomic E-state index is 0.516. The normalized spacial score (nSPS) is 19.2. The van der Waals surface area contributed by atoms with Gasteiger partial charge in [0, 0.05) is 18.8 Å². The lowest BCUT2D eigenvalue weighted by Crippen LogP contribution is -2.33. The molecule has 2 heterocycles. The first-order valence-electron chi connectivity index (χ1n) is 8.23. The van der Waals surface area contributed by atoms with Gasteiger partial charge < -0.3 is 0 Å². The maximum atomic E-state index is 4.62. The average molecular weight is 312 g/mol. The van der Waals surface area contributed by atoms with Gasteiger partial charge in [-0.25, -0.2) is 4.98 Å². The number of pyridine rings is 1. The minimum Gasteiger partial charge on any atom is -0.292 e. The largest absolute Gasteiger partial charge is 0.292 e. The second-order valence-electron chi connectivity index (χ2n) is 5.83. The van der Waals surface area contributed by atoms with Gasteiger partial charge >= 0.3 is 0 Å². The topological polar surface area (TPSA) is 16.1 Å². The van der Waals surface area contributed by atoms with E-state index >= 15 is 0 Å². The Morgan fingerprint density at radius 1 is 1.14 bits per heavy atom. The summed E-state index contributed by atoms with van der Waals surface area (Å²) in [6.07, 6.45) is 5.96. The van der Waals surface area contributed by atoms with E-state index in [-0.39, 0.29) is 0 Å². The molecular formula is C19H24N2S. The van der Waals surface area contributed by atoms with Gasteiger partial charge in [-0.1, -0.05) is 49.7 Å². The van der Waals surface area contributed by atoms with Crippen molar-refractivity contribution in [3.8, 4) is 0 Å². The van der Waals surface area contributed by atoms with E-state index in [0.717, 1.165) is 17.3 Å². The van der Waals surface area contributed by atoms with Crippen LogP contribution in [0.2, 0.25) is 0 Å². The van der Waals surface area contributed by atoms with Crippen LogP contribution >= 0.6 is 11.8 Å². The van der Waals surface area contributed by atoms with Gasteiger partial charge in [0.15, 0.2) is 0 Å². The molecule has 0 amide bonds. The van der Waals surface area contributed by atoms with Crippen molar-refractivity contribution < 1.29 is 0 Å². The Kier molecular flexibility index (Phi) is 5.52. The van der Waals surface area contributed by atoms with Crippen LogP contribution in [0, 0.1) is 0 Å². The molecule has 3 heteroatoms. The molecule has 2 nitrogen and oxygen atoms in total. The molecule has 2 aromatic rings. The molecule has 1 fully saturated rings. The number of piperidine rings is 1. The summed E-state index contributed by atoms with van der Waals surface area (Å²) in [4.78, 5) is 7.23. The van der Waals surface area contributed by atoms with E-state index in [1.807, 2.05) is 11.8 Å². The highest BCUT2D eigenvalue weighted by Gasteiger charge is 2.24. The Morgan fingerprint density at radius 3 is 2.73 bits per heavy atom. The summed E-state index contributed by atoms with van der Waals surface area (Å²) < 4.78 is 0. The van der Waals surface area contributed by atoms with Crippen LogP contribution in [0.4, 0.5) is 0 Å². The van der Waals surface area contributed by atoms with Crippen molar-refractivity contribution in [2.45, 2.75) is 43.8 Å². The molecule has 22 heavy (non-hydrogen) atoms. The summed E-state index contributed by atoms with van der Waals surface area (Å²) >= 11 is 1.81. The van der Waals surface area contributed by atoms with Crippen molar-refractivity contribution >= 4 is 11.8 Å². The van der Waals surface area contributed by atoms with E-state index in [0.29, 0.717) is 6.04 Å². The van der Waals surface area contributed by atoms with Crippen LogP contribution in [0.3, 0.4) is 0 Å². The molecule has 1 aliphatic rings. The second-order valence-corrected chi connectivity index (χ2v) is 7.11. The maximum absolute atomic E-state index is 4.62. The second kappa shape index (κ2) is 7.80. The zero-order valence-electron chi connectivity index (χ0n) is 13.2. The smallest absolute Gasteiger partial charge is 0.0959 e. The van der Waals surface area contributed by atoms with Crippen LogP contribution in [0.5, 0.6) is 0 Å². The van der Waals surface area contributed by atoms with E-state index in [1.165, 1.54) is 36.9 Å². The molecule has 1 aromatic carbocycles. The van der Waals surface area contributed by atoms with Gasteiger partial charge in [0.1, 0.15) is 0 Å². The number of thioether (sulfide) groups is 1. The number of hydrogen-bond donors (Lipinski definition) is 0. The number of rotatable bonds is 5. The van der Waals surface area contributed by atoms with Crippen LogP contribution in [0.25, 0.3) is 0 Å². The minimum atomic E-state index is 0.516. The van der Waals surface area contributed by atoms with Crippen LogP contribution in [0.15, 0.2) is 53.7 Å². The van der Waals surface area contributed by atoms with Gasteiger partial charge in [-0.3, -0.25) is 4.90 Å². The van der Waals surface area contributed by atoms with Crippen LogP contribution < -0.4 is 0 Å². The molecule has 1 atom stereocenters. The number of nitrogens with zero attached hydrogens (tertiary/aromatic N) is 2. The first kappa shape index (κ1) is 15.6. The zero-order chi connectivity index (χ0) is 15.2. The fraction of sp³-hybridized carbons (Fsp3) is 0.421. The lowest BCUT2D eigenvalue weighted by molar-refractivity contribution is 0.140. The quantitative estimate of drug-likeness (QED) is 0.729. The first-order chi connectivity index (χ1) is 10.9. The lowest BCUT2D eigenvalue weighted by Gasteiger charge is -2.36. The van der Waals surface area contributed by atoms with Gasteiger partial charge in [-0.2, -0.15) is 0 Å². The summed E-state index contributed by atoms with van der Waals surface area (Å²) in [5, 5.41) is 1.14. The highest BCUT2D eigenvalue weighted by atomic mass is 32.2. The van der Waals surface area contributed by atoms with Crippen LogP contribution in [0.1, 0.15) is 43.4 Å². The Hall–Kier alpha value is -1.32.